The Morgan fingerprint density at radius 2 is 1.40 bits per heavy atom. The van der Waals surface area contributed by atoms with Gasteiger partial charge in [-0.15, -0.1) is 0 Å². The minimum absolute atomic E-state index is 0.00888. The van der Waals surface area contributed by atoms with Crippen molar-refractivity contribution in [2.75, 3.05) is 0 Å². The number of hydrogen-bond acceptors (Lipinski definition) is 7. The third-order valence-corrected chi connectivity index (χ3v) is 5.08. The molecule has 0 aliphatic rings. The monoisotopic (exact) mass is 494 g/mol. The lowest BCUT2D eigenvalue weighted by Crippen LogP contribution is -2.57. The Balaban J connectivity index is 3.11. The molecule has 1 aromatic rings. The zero-order valence-corrected chi connectivity index (χ0v) is 20.0. The molecular formula is C23H34N4O8. The number of carboxylic acid groups (broad SMARTS) is 2. The molecule has 0 spiro atoms. The molecule has 0 aromatic heterocycles. The molecule has 4 atom stereocenters. The number of hydrogen-bond donors (Lipinski definition) is 7. The molecule has 0 fully saturated rings. The van der Waals surface area contributed by atoms with Crippen LogP contribution >= 0.6 is 0 Å². The molecule has 1 rings (SSSR count). The van der Waals surface area contributed by atoms with Crippen molar-refractivity contribution in [2.45, 2.75) is 70.6 Å². The summed E-state index contributed by atoms with van der Waals surface area (Å²) < 4.78 is 0. The van der Waals surface area contributed by atoms with Crippen LogP contribution in [0.5, 0.6) is 5.75 Å². The summed E-state index contributed by atoms with van der Waals surface area (Å²) >= 11 is 0. The van der Waals surface area contributed by atoms with Crippen LogP contribution in [0.25, 0.3) is 0 Å². The number of carbonyl (C=O) groups excluding carboxylic acids is 3. The second-order valence-electron chi connectivity index (χ2n) is 8.73. The van der Waals surface area contributed by atoms with Crippen molar-refractivity contribution in [3.8, 4) is 5.75 Å². The van der Waals surface area contributed by atoms with Crippen LogP contribution in [0, 0.1) is 5.92 Å². The highest BCUT2D eigenvalue weighted by Gasteiger charge is 2.30. The quantitative estimate of drug-likeness (QED) is 0.181. The van der Waals surface area contributed by atoms with E-state index in [-0.39, 0.29) is 24.5 Å². The first-order valence-corrected chi connectivity index (χ1v) is 11.2. The van der Waals surface area contributed by atoms with Crippen LogP contribution in [0.1, 0.15) is 45.6 Å². The minimum Gasteiger partial charge on any atom is -0.508 e. The summed E-state index contributed by atoms with van der Waals surface area (Å²) in [5.74, 6) is -4.62. The number of aromatic hydroxyl groups is 1. The first-order valence-electron chi connectivity index (χ1n) is 11.2. The molecule has 0 aliphatic carbocycles. The van der Waals surface area contributed by atoms with Crippen LogP contribution < -0.4 is 21.7 Å². The summed E-state index contributed by atoms with van der Waals surface area (Å²) in [6, 6.07) is 1.24. The Hall–Kier alpha value is -3.67. The van der Waals surface area contributed by atoms with Gasteiger partial charge in [0.05, 0.1) is 6.04 Å². The summed E-state index contributed by atoms with van der Waals surface area (Å²) in [6.45, 7) is 5.00. The van der Waals surface area contributed by atoms with Gasteiger partial charge in [0.25, 0.3) is 0 Å². The lowest BCUT2D eigenvalue weighted by molar-refractivity contribution is -0.142. The van der Waals surface area contributed by atoms with E-state index < -0.39 is 60.2 Å². The van der Waals surface area contributed by atoms with Crippen LogP contribution in [0.3, 0.4) is 0 Å². The predicted octanol–water partition coefficient (Wildman–Crippen LogP) is -0.268. The van der Waals surface area contributed by atoms with E-state index in [0.717, 1.165) is 0 Å². The fraction of sp³-hybridized carbons (Fsp3) is 0.522. The molecule has 35 heavy (non-hydrogen) atoms. The van der Waals surface area contributed by atoms with Crippen LogP contribution in [0.15, 0.2) is 24.3 Å². The van der Waals surface area contributed by atoms with Gasteiger partial charge in [-0.3, -0.25) is 24.0 Å². The summed E-state index contributed by atoms with van der Waals surface area (Å²) in [6.07, 6.45) is -0.402. The molecule has 0 aliphatic heterocycles. The second kappa shape index (κ2) is 13.9. The first kappa shape index (κ1) is 29.4. The largest absolute Gasteiger partial charge is 0.508 e. The van der Waals surface area contributed by atoms with Gasteiger partial charge in [0.1, 0.15) is 23.9 Å². The molecule has 0 bridgehead atoms. The van der Waals surface area contributed by atoms with Gasteiger partial charge >= 0.3 is 11.9 Å². The number of carbonyl (C=O) groups is 5. The average molecular weight is 495 g/mol. The van der Waals surface area contributed by atoms with Crippen LogP contribution in [0.2, 0.25) is 0 Å². The van der Waals surface area contributed by atoms with Crippen LogP contribution in [0.4, 0.5) is 0 Å². The van der Waals surface area contributed by atoms with Gasteiger partial charge in [0.2, 0.25) is 17.7 Å². The lowest BCUT2D eigenvalue weighted by Gasteiger charge is -2.25. The molecule has 194 valence electrons. The number of rotatable bonds is 14. The Bertz CT molecular complexity index is 903. The number of carboxylic acids is 2. The second-order valence-corrected chi connectivity index (χ2v) is 8.73. The van der Waals surface area contributed by atoms with Crippen LogP contribution in [-0.2, 0) is 30.4 Å². The van der Waals surface area contributed by atoms with Gasteiger partial charge in [0.15, 0.2) is 0 Å². The summed E-state index contributed by atoms with van der Waals surface area (Å²) in [5.41, 5.74) is 6.52. The highest BCUT2D eigenvalue weighted by atomic mass is 16.4. The van der Waals surface area contributed by atoms with E-state index in [1.54, 1.807) is 12.1 Å². The van der Waals surface area contributed by atoms with Gasteiger partial charge in [-0.25, -0.2) is 0 Å². The van der Waals surface area contributed by atoms with Gasteiger partial charge in [-0.1, -0.05) is 26.0 Å². The van der Waals surface area contributed by atoms with E-state index in [2.05, 4.69) is 16.0 Å². The van der Waals surface area contributed by atoms with Crippen molar-refractivity contribution in [1.29, 1.82) is 0 Å². The Morgan fingerprint density at radius 1 is 0.857 bits per heavy atom. The Labute approximate surface area is 203 Å². The molecule has 8 N–H and O–H groups in total. The SMILES string of the molecule is CC(C)CC(N)C(=O)NC(Cc1ccc(O)cc1)C(=O)NC(CCC(=O)O)C(=O)NC(C)C(=O)O. The number of nitrogens with two attached hydrogens (primary N) is 1. The van der Waals surface area contributed by atoms with E-state index in [0.29, 0.717) is 12.0 Å². The number of phenols is 1. The topological polar surface area (TPSA) is 208 Å². The number of benzene rings is 1. The zero-order chi connectivity index (χ0) is 26.7. The molecule has 0 heterocycles. The van der Waals surface area contributed by atoms with Gasteiger partial charge in [0, 0.05) is 12.8 Å². The normalized spacial score (nSPS) is 14.3. The van der Waals surface area contributed by atoms with E-state index in [1.807, 2.05) is 13.8 Å². The minimum atomic E-state index is -1.36. The zero-order valence-electron chi connectivity index (χ0n) is 20.0. The maximum absolute atomic E-state index is 13.1. The Morgan fingerprint density at radius 3 is 1.91 bits per heavy atom. The molecule has 0 saturated heterocycles. The molecule has 0 radical (unpaired) electrons. The highest BCUT2D eigenvalue weighted by molar-refractivity contribution is 5.94. The maximum atomic E-state index is 13.1. The van der Waals surface area contributed by atoms with Crippen molar-refractivity contribution in [3.05, 3.63) is 29.8 Å². The van der Waals surface area contributed by atoms with E-state index in [4.69, 9.17) is 15.9 Å². The van der Waals surface area contributed by atoms with Crippen LogP contribution in [-0.4, -0.2) is 69.1 Å². The molecule has 3 amide bonds. The van der Waals surface area contributed by atoms with Crippen molar-refractivity contribution in [3.63, 3.8) is 0 Å². The smallest absolute Gasteiger partial charge is 0.325 e. The standard InChI is InChI=1S/C23H34N4O8/c1-12(2)10-16(24)20(31)27-18(11-14-4-6-15(28)7-5-14)22(33)26-17(8-9-19(29)30)21(32)25-13(3)23(34)35/h4-7,12-13,16-18,28H,8-11,24H2,1-3H3,(H,25,32)(H,26,33)(H,27,31)(H,29,30)(H,34,35). The van der Waals surface area contributed by atoms with Crippen molar-refractivity contribution in [1.82, 2.24) is 16.0 Å². The Kier molecular flexibility index (Phi) is 11.7. The predicted molar refractivity (Wildman–Crippen MR) is 125 cm³/mol. The molecule has 0 saturated carbocycles. The summed E-state index contributed by atoms with van der Waals surface area (Å²) in [5, 5.41) is 34.7. The van der Waals surface area contributed by atoms with Gasteiger partial charge in [-0.2, -0.15) is 0 Å². The van der Waals surface area contributed by atoms with Gasteiger partial charge in [-0.05, 0) is 43.4 Å². The average Bonchev–Trinajstić information content (AvgIpc) is 2.76. The van der Waals surface area contributed by atoms with Crippen molar-refractivity contribution in [2.24, 2.45) is 11.7 Å². The van der Waals surface area contributed by atoms with E-state index in [1.165, 1.54) is 19.1 Å². The first-order chi connectivity index (χ1) is 16.3. The molecular weight excluding hydrogens is 460 g/mol. The van der Waals surface area contributed by atoms with E-state index >= 15 is 0 Å². The molecule has 12 nitrogen and oxygen atoms in total. The fourth-order valence-corrected chi connectivity index (χ4v) is 3.16. The van der Waals surface area contributed by atoms with Crippen molar-refractivity contribution >= 4 is 29.7 Å². The summed E-state index contributed by atoms with van der Waals surface area (Å²) in [4.78, 5) is 60.4. The molecule has 12 heteroatoms. The molecule has 4 unspecified atom stereocenters. The van der Waals surface area contributed by atoms with Gasteiger partial charge < -0.3 is 37.0 Å². The third kappa shape index (κ3) is 10.9. The number of nitrogens with one attached hydrogen (secondary N) is 3. The highest BCUT2D eigenvalue weighted by Crippen LogP contribution is 2.12. The fourth-order valence-electron chi connectivity index (χ4n) is 3.16. The number of aliphatic carboxylic acids is 2. The summed E-state index contributed by atoms with van der Waals surface area (Å²) in [7, 11) is 0. The maximum Gasteiger partial charge on any atom is 0.325 e. The number of amides is 3. The molecule has 1 aromatic carbocycles. The number of phenolic OH excluding ortho intramolecular Hbond substituents is 1. The van der Waals surface area contributed by atoms with Crippen molar-refractivity contribution < 1.29 is 39.3 Å². The van der Waals surface area contributed by atoms with E-state index in [9.17, 15) is 29.1 Å². The lowest BCUT2D eigenvalue weighted by atomic mass is 10.0. The third-order valence-electron chi connectivity index (χ3n) is 5.08.